The third-order valence-electron chi connectivity index (χ3n) is 4.15. The van der Waals surface area contributed by atoms with E-state index in [0.29, 0.717) is 12.5 Å². The summed E-state index contributed by atoms with van der Waals surface area (Å²) in [6, 6.07) is 10.7. The Morgan fingerprint density at radius 3 is 2.48 bits per heavy atom. The molecule has 1 saturated heterocycles. The number of rotatable bonds is 5. The average Bonchev–Trinajstić information content (AvgIpc) is 2.54. The molecule has 1 aliphatic rings. The number of nitrogens with zero attached hydrogens (tertiary/aromatic N) is 2. The van der Waals surface area contributed by atoms with Crippen LogP contribution in [0.3, 0.4) is 0 Å². The van der Waals surface area contributed by atoms with E-state index in [2.05, 4.69) is 42.2 Å². The Labute approximate surface area is 127 Å². The predicted octanol–water partition coefficient (Wildman–Crippen LogP) is 2.95. The maximum absolute atomic E-state index is 11.6. The first-order chi connectivity index (χ1) is 10.2. The van der Waals surface area contributed by atoms with Gasteiger partial charge in [0, 0.05) is 26.2 Å². The van der Waals surface area contributed by atoms with Crippen LogP contribution in [0.25, 0.3) is 0 Å². The Morgan fingerprint density at radius 1 is 1.19 bits per heavy atom. The van der Waals surface area contributed by atoms with Gasteiger partial charge in [-0.2, -0.15) is 0 Å². The number of carbonyl (C=O) groups is 1. The van der Waals surface area contributed by atoms with Crippen molar-refractivity contribution in [3.63, 3.8) is 0 Å². The lowest BCUT2D eigenvalue weighted by Crippen LogP contribution is -2.49. The Kier molecular flexibility index (Phi) is 6.05. The van der Waals surface area contributed by atoms with Gasteiger partial charge in [-0.3, -0.25) is 4.90 Å². The summed E-state index contributed by atoms with van der Waals surface area (Å²) in [5, 5.41) is 0. The Morgan fingerprint density at radius 2 is 1.86 bits per heavy atom. The molecule has 1 aliphatic heterocycles. The Balaban J connectivity index is 1.70. The molecular weight excluding hydrogens is 264 g/mol. The fourth-order valence-electron chi connectivity index (χ4n) is 2.69. The standard InChI is InChI=1S/C17H26N2O2/c1-3-21-17(20)19-13-11-18(12-14-19)10-9-15(2)16-7-5-4-6-8-16/h4-8,15H,3,9-14H2,1-2H3/t15-/m1/s1. The lowest BCUT2D eigenvalue weighted by molar-refractivity contribution is 0.0790. The van der Waals surface area contributed by atoms with Gasteiger partial charge in [0.25, 0.3) is 0 Å². The topological polar surface area (TPSA) is 32.8 Å². The molecule has 1 heterocycles. The fourth-order valence-corrected chi connectivity index (χ4v) is 2.69. The van der Waals surface area contributed by atoms with Gasteiger partial charge in [0.15, 0.2) is 0 Å². The fraction of sp³-hybridized carbons (Fsp3) is 0.588. The highest BCUT2D eigenvalue weighted by Gasteiger charge is 2.21. The van der Waals surface area contributed by atoms with Gasteiger partial charge in [-0.25, -0.2) is 4.79 Å². The first-order valence-electron chi connectivity index (χ1n) is 7.89. The molecule has 1 fully saturated rings. The zero-order valence-corrected chi connectivity index (χ0v) is 13.1. The van der Waals surface area contributed by atoms with Crippen LogP contribution in [0.4, 0.5) is 4.79 Å². The van der Waals surface area contributed by atoms with Gasteiger partial charge in [-0.15, -0.1) is 0 Å². The second-order valence-corrected chi connectivity index (χ2v) is 5.63. The molecule has 0 saturated carbocycles. The van der Waals surface area contributed by atoms with Gasteiger partial charge in [-0.1, -0.05) is 37.3 Å². The monoisotopic (exact) mass is 290 g/mol. The molecule has 1 aromatic rings. The number of amides is 1. The van der Waals surface area contributed by atoms with Crippen LogP contribution in [-0.2, 0) is 4.74 Å². The highest BCUT2D eigenvalue weighted by atomic mass is 16.6. The van der Waals surface area contributed by atoms with Crippen molar-refractivity contribution in [3.05, 3.63) is 35.9 Å². The molecule has 0 N–H and O–H groups in total. The van der Waals surface area contributed by atoms with Crippen LogP contribution in [0.2, 0.25) is 0 Å². The molecule has 2 rings (SSSR count). The summed E-state index contributed by atoms with van der Waals surface area (Å²) in [6.07, 6.45) is 0.985. The lowest BCUT2D eigenvalue weighted by atomic mass is 9.97. The number of carbonyl (C=O) groups excluding carboxylic acids is 1. The molecule has 116 valence electrons. The van der Waals surface area contributed by atoms with Crippen LogP contribution in [0.5, 0.6) is 0 Å². The Bertz CT molecular complexity index is 428. The van der Waals surface area contributed by atoms with Crippen LogP contribution in [-0.4, -0.2) is 55.2 Å². The minimum absolute atomic E-state index is 0.171. The van der Waals surface area contributed by atoms with E-state index in [9.17, 15) is 4.79 Å². The number of benzene rings is 1. The van der Waals surface area contributed by atoms with Crippen molar-refractivity contribution in [1.82, 2.24) is 9.80 Å². The minimum Gasteiger partial charge on any atom is -0.450 e. The lowest BCUT2D eigenvalue weighted by Gasteiger charge is -2.34. The summed E-state index contributed by atoms with van der Waals surface area (Å²) in [6.45, 7) is 9.11. The summed E-state index contributed by atoms with van der Waals surface area (Å²) in [5.41, 5.74) is 1.41. The van der Waals surface area contributed by atoms with Gasteiger partial charge in [0.2, 0.25) is 0 Å². The van der Waals surface area contributed by atoms with E-state index < -0.39 is 0 Å². The van der Waals surface area contributed by atoms with Crippen molar-refractivity contribution in [2.45, 2.75) is 26.2 Å². The van der Waals surface area contributed by atoms with E-state index in [0.717, 1.165) is 39.1 Å². The van der Waals surface area contributed by atoms with Gasteiger partial charge < -0.3 is 9.64 Å². The minimum atomic E-state index is -0.171. The van der Waals surface area contributed by atoms with Gasteiger partial charge >= 0.3 is 6.09 Å². The molecule has 21 heavy (non-hydrogen) atoms. The molecule has 0 aliphatic carbocycles. The molecule has 0 aromatic heterocycles. The molecule has 1 atom stereocenters. The molecule has 0 spiro atoms. The van der Waals surface area contributed by atoms with E-state index in [1.165, 1.54) is 5.56 Å². The number of hydrogen-bond donors (Lipinski definition) is 0. The first-order valence-corrected chi connectivity index (χ1v) is 7.89. The second kappa shape index (κ2) is 8.03. The summed E-state index contributed by atoms with van der Waals surface area (Å²) in [4.78, 5) is 15.9. The van der Waals surface area contributed by atoms with E-state index in [1.807, 2.05) is 6.92 Å². The van der Waals surface area contributed by atoms with E-state index in [-0.39, 0.29) is 6.09 Å². The van der Waals surface area contributed by atoms with Crippen molar-refractivity contribution in [3.8, 4) is 0 Å². The SMILES string of the molecule is CCOC(=O)N1CCN(CC[C@@H](C)c2ccccc2)CC1. The van der Waals surface area contributed by atoms with Gasteiger partial charge in [0.05, 0.1) is 6.61 Å². The van der Waals surface area contributed by atoms with Crippen molar-refractivity contribution < 1.29 is 9.53 Å². The predicted molar refractivity (Wildman–Crippen MR) is 84.5 cm³/mol. The molecule has 1 amide bonds. The molecule has 4 nitrogen and oxygen atoms in total. The number of ether oxygens (including phenoxy) is 1. The molecule has 0 bridgehead atoms. The zero-order chi connectivity index (χ0) is 15.1. The molecule has 4 heteroatoms. The average molecular weight is 290 g/mol. The smallest absolute Gasteiger partial charge is 0.409 e. The normalized spacial score (nSPS) is 17.5. The van der Waals surface area contributed by atoms with Crippen LogP contribution < -0.4 is 0 Å². The highest BCUT2D eigenvalue weighted by Crippen LogP contribution is 2.19. The molecule has 1 aromatic carbocycles. The third kappa shape index (κ3) is 4.74. The highest BCUT2D eigenvalue weighted by molar-refractivity contribution is 5.67. The molecule has 0 unspecified atom stereocenters. The maximum Gasteiger partial charge on any atom is 0.409 e. The van der Waals surface area contributed by atoms with E-state index >= 15 is 0 Å². The summed E-state index contributed by atoms with van der Waals surface area (Å²) in [5.74, 6) is 0.578. The van der Waals surface area contributed by atoms with Crippen molar-refractivity contribution in [2.24, 2.45) is 0 Å². The first kappa shape index (κ1) is 15.8. The van der Waals surface area contributed by atoms with Crippen molar-refractivity contribution in [2.75, 3.05) is 39.3 Å². The van der Waals surface area contributed by atoms with E-state index in [4.69, 9.17) is 4.74 Å². The zero-order valence-electron chi connectivity index (χ0n) is 13.1. The van der Waals surface area contributed by atoms with Crippen LogP contribution >= 0.6 is 0 Å². The number of piperazine rings is 1. The maximum atomic E-state index is 11.6. The van der Waals surface area contributed by atoms with Gasteiger partial charge in [0.1, 0.15) is 0 Å². The van der Waals surface area contributed by atoms with Crippen molar-refractivity contribution >= 4 is 6.09 Å². The van der Waals surface area contributed by atoms with Gasteiger partial charge in [-0.05, 0) is 31.4 Å². The van der Waals surface area contributed by atoms with Crippen molar-refractivity contribution in [1.29, 1.82) is 0 Å². The summed E-state index contributed by atoms with van der Waals surface area (Å²) < 4.78 is 5.04. The molecular formula is C17H26N2O2. The van der Waals surface area contributed by atoms with Crippen LogP contribution in [0.1, 0.15) is 31.7 Å². The van der Waals surface area contributed by atoms with Crippen LogP contribution in [0.15, 0.2) is 30.3 Å². The quantitative estimate of drug-likeness (QED) is 0.836. The van der Waals surface area contributed by atoms with Crippen LogP contribution in [0, 0.1) is 0 Å². The summed E-state index contributed by atoms with van der Waals surface area (Å²) >= 11 is 0. The summed E-state index contributed by atoms with van der Waals surface area (Å²) in [7, 11) is 0. The largest absolute Gasteiger partial charge is 0.450 e. The van der Waals surface area contributed by atoms with E-state index in [1.54, 1.807) is 4.90 Å². The third-order valence-corrected chi connectivity index (χ3v) is 4.15. The molecule has 0 radical (unpaired) electrons. The Hall–Kier alpha value is -1.55. The second-order valence-electron chi connectivity index (χ2n) is 5.63. The number of hydrogen-bond acceptors (Lipinski definition) is 3.